The molecule has 0 bridgehead atoms. The van der Waals surface area contributed by atoms with Gasteiger partial charge in [-0.15, -0.1) is 0 Å². The van der Waals surface area contributed by atoms with Gasteiger partial charge in [0, 0.05) is 0 Å². The Morgan fingerprint density at radius 1 is 1.62 bits per heavy atom. The van der Waals surface area contributed by atoms with Gasteiger partial charge in [0.05, 0.1) is 0 Å². The van der Waals surface area contributed by atoms with E-state index in [0.29, 0.717) is 0 Å². The summed E-state index contributed by atoms with van der Waals surface area (Å²) in [5.74, 6) is 1.55. The van der Waals surface area contributed by atoms with Crippen LogP contribution in [0.15, 0.2) is 0 Å². The summed E-state index contributed by atoms with van der Waals surface area (Å²) in [6.45, 7) is 0. The predicted molar refractivity (Wildman–Crippen MR) is 25.6 cm³/mol. The number of rotatable bonds is 1. The minimum absolute atomic E-state index is 0.167. The predicted octanol–water partition coefficient (Wildman–Crippen LogP) is -0.0844. The van der Waals surface area contributed by atoms with Crippen molar-refractivity contribution >= 4 is 11.8 Å². The third kappa shape index (κ3) is 1.55. The Bertz CT molecular complexity index is 132. The molecule has 1 aliphatic rings. The van der Waals surface area contributed by atoms with Crippen LogP contribution in [0.1, 0.15) is 0 Å². The zero-order valence-electron chi connectivity index (χ0n) is 4.22. The van der Waals surface area contributed by atoms with Crippen molar-refractivity contribution in [3.05, 3.63) is 0 Å². The van der Waals surface area contributed by atoms with Crippen LogP contribution in [0.3, 0.4) is 0 Å². The van der Waals surface area contributed by atoms with Gasteiger partial charge < -0.3 is 0 Å². The topological polar surface area (TPSA) is 46.2 Å². The fraction of sp³-hybridized carbons (Fsp3) is 1.00. The van der Waals surface area contributed by atoms with Crippen molar-refractivity contribution in [1.29, 1.82) is 0 Å². The van der Waals surface area contributed by atoms with E-state index < -0.39 is 17.8 Å². The maximum atomic E-state index is 10.3. The molecule has 1 N–H and O–H groups in total. The summed E-state index contributed by atoms with van der Waals surface area (Å²) in [4.78, 5) is 0. The summed E-state index contributed by atoms with van der Waals surface area (Å²) in [5, 5.41) is 2.87. The molecule has 1 unspecified atom stereocenters. The molecule has 1 heterocycles. The van der Waals surface area contributed by atoms with Crippen LogP contribution < -0.4 is 5.32 Å². The third-order valence-corrected chi connectivity index (χ3v) is 3.93. The van der Waals surface area contributed by atoms with Crippen LogP contribution in [0.5, 0.6) is 0 Å². The number of hydrogen-bond donors (Lipinski definition) is 1. The van der Waals surface area contributed by atoms with E-state index in [1.54, 1.807) is 11.8 Å². The molecule has 1 saturated heterocycles. The van der Waals surface area contributed by atoms with Crippen LogP contribution in [0.4, 0.5) is 0 Å². The van der Waals surface area contributed by atoms with Crippen LogP contribution in [0.25, 0.3) is 0 Å². The Hall–Kier alpha value is 0.624. The fourth-order valence-electron chi connectivity index (χ4n) is 0.547. The van der Waals surface area contributed by atoms with E-state index >= 15 is 0 Å². The van der Waals surface area contributed by atoms with Gasteiger partial charge in [-0.3, -0.25) is 0 Å². The quantitative estimate of drug-likeness (QED) is 0.556. The summed E-state index contributed by atoms with van der Waals surface area (Å²) < 4.78 is 20.4. The van der Waals surface area contributed by atoms with E-state index in [-0.39, 0.29) is 4.35 Å². The molecule has 5 heteroatoms. The molecule has 3 nitrogen and oxygen atoms in total. The molecule has 0 spiro atoms. The molecule has 0 radical (unpaired) electrons. The molecule has 0 aliphatic carbocycles. The Morgan fingerprint density at radius 3 is 2.62 bits per heavy atom. The van der Waals surface area contributed by atoms with Gasteiger partial charge >= 0.3 is 57.5 Å². The normalized spacial score (nSPS) is 28.2. The van der Waals surface area contributed by atoms with Gasteiger partial charge in [-0.05, 0) is 0 Å². The van der Waals surface area contributed by atoms with E-state index in [0.717, 1.165) is 11.6 Å². The molecule has 1 rings (SSSR count). The van der Waals surface area contributed by atoms with Crippen LogP contribution in [0, 0.1) is 0 Å². The van der Waals surface area contributed by atoms with Crippen LogP contribution in [0.2, 0.25) is 0 Å². The Labute approximate surface area is 57.7 Å². The van der Waals surface area contributed by atoms with Gasteiger partial charge in [-0.2, -0.15) is 0 Å². The average Bonchev–Trinajstić information content (AvgIpc) is 2.12. The molecule has 1 fully saturated rings. The third-order valence-electron chi connectivity index (χ3n) is 1.00. The second-order valence-electron chi connectivity index (χ2n) is 1.59. The molecule has 1 atom stereocenters. The van der Waals surface area contributed by atoms with Crippen molar-refractivity contribution in [3.63, 3.8) is 0 Å². The van der Waals surface area contributed by atoms with Crippen molar-refractivity contribution in [2.45, 2.75) is 4.35 Å². The van der Waals surface area contributed by atoms with Crippen LogP contribution >= 0.6 is 11.8 Å². The Balaban J connectivity index is 2.47. The second-order valence-corrected chi connectivity index (χ2v) is 4.71. The molecule has 0 aromatic carbocycles. The van der Waals surface area contributed by atoms with E-state index in [1.807, 2.05) is 0 Å². The van der Waals surface area contributed by atoms with E-state index in [2.05, 4.69) is 5.32 Å². The number of nitrogens with one attached hydrogen (secondary N) is 1. The molecule has 8 heavy (non-hydrogen) atoms. The maximum absolute atomic E-state index is 10.3. The van der Waals surface area contributed by atoms with Gasteiger partial charge in [0.1, 0.15) is 0 Å². The summed E-state index contributed by atoms with van der Waals surface area (Å²) in [7, 11) is 0. The summed E-state index contributed by atoms with van der Waals surface area (Å²) in [6.07, 6.45) is 0. The molecule has 0 saturated carbocycles. The first-order valence-corrected chi connectivity index (χ1v) is 5.66. The zero-order valence-corrected chi connectivity index (χ0v) is 6.59. The number of thioether (sulfide) groups is 1. The first-order chi connectivity index (χ1) is 3.80. The van der Waals surface area contributed by atoms with Crippen LogP contribution in [-0.4, -0.2) is 16.0 Å². The second kappa shape index (κ2) is 2.96. The summed E-state index contributed by atoms with van der Waals surface area (Å²) >= 11 is -1.45. The summed E-state index contributed by atoms with van der Waals surface area (Å²) in [5.41, 5.74) is 0. The van der Waals surface area contributed by atoms with Crippen LogP contribution in [-0.2, 0) is 24.5 Å². The van der Waals surface area contributed by atoms with Crippen molar-refractivity contribution < 1.29 is 24.5 Å². The molecule has 0 amide bonds. The van der Waals surface area contributed by atoms with Crippen molar-refractivity contribution in [3.8, 4) is 0 Å². The SMILES string of the molecule is [O]=[Ti](=[O])[CH]1CSCN1. The molecule has 0 aromatic rings. The zero-order chi connectivity index (χ0) is 5.98. The van der Waals surface area contributed by atoms with Gasteiger partial charge in [0.15, 0.2) is 0 Å². The molecular formula is C3H6NO2STi. The Kier molecular flexibility index (Phi) is 2.50. The van der Waals surface area contributed by atoms with Gasteiger partial charge in [0.2, 0.25) is 0 Å². The first kappa shape index (κ1) is 6.74. The number of hydrogen-bond acceptors (Lipinski definition) is 4. The van der Waals surface area contributed by atoms with Crippen molar-refractivity contribution in [1.82, 2.24) is 5.32 Å². The summed E-state index contributed by atoms with van der Waals surface area (Å²) in [6, 6.07) is 0. The van der Waals surface area contributed by atoms with Gasteiger partial charge in [-0.25, -0.2) is 0 Å². The molecule has 1 aliphatic heterocycles. The van der Waals surface area contributed by atoms with Crippen molar-refractivity contribution in [2.24, 2.45) is 0 Å². The Morgan fingerprint density at radius 2 is 2.38 bits per heavy atom. The standard InChI is InChI=1S/C3H6NS.2O.Ti/c1-2-5-3-4-1;;;/h1,4H,2-3H2;;;. The fourth-order valence-corrected chi connectivity index (χ4v) is 3.31. The minimum atomic E-state index is -3.09. The average molecular weight is 168 g/mol. The van der Waals surface area contributed by atoms with Crippen molar-refractivity contribution in [2.75, 3.05) is 11.6 Å². The van der Waals surface area contributed by atoms with E-state index in [9.17, 15) is 6.65 Å². The molecule has 45 valence electrons. The molecular weight excluding hydrogens is 162 g/mol. The van der Waals surface area contributed by atoms with E-state index in [1.165, 1.54) is 0 Å². The van der Waals surface area contributed by atoms with Gasteiger partial charge in [-0.1, -0.05) is 0 Å². The molecule has 0 aromatic heterocycles. The van der Waals surface area contributed by atoms with E-state index in [4.69, 9.17) is 0 Å². The monoisotopic (exact) mass is 168 g/mol. The van der Waals surface area contributed by atoms with Gasteiger partial charge in [0.25, 0.3) is 0 Å². The first-order valence-electron chi connectivity index (χ1n) is 2.32.